The first kappa shape index (κ1) is 15.8. The summed E-state index contributed by atoms with van der Waals surface area (Å²) in [5, 5.41) is 7.30. The molecule has 2 fully saturated rings. The zero-order chi connectivity index (χ0) is 16.5. The van der Waals surface area contributed by atoms with Gasteiger partial charge in [0.15, 0.2) is 5.13 Å². The Hall–Kier alpha value is -1.70. The van der Waals surface area contributed by atoms with Gasteiger partial charge in [0.05, 0.1) is 22.9 Å². The number of rotatable bonds is 3. The lowest BCUT2D eigenvalue weighted by Gasteiger charge is -2.29. The number of carbonyl (C=O) groups excluding carboxylic acids is 1. The third-order valence-corrected chi connectivity index (χ3v) is 5.70. The predicted octanol–water partition coefficient (Wildman–Crippen LogP) is 2.21. The highest BCUT2D eigenvalue weighted by Crippen LogP contribution is 2.32. The lowest BCUT2D eigenvalue weighted by Crippen LogP contribution is -2.53. The van der Waals surface area contributed by atoms with Gasteiger partial charge in [0, 0.05) is 25.3 Å². The number of aromatic nitrogens is 1. The van der Waals surface area contributed by atoms with Crippen molar-refractivity contribution in [3.8, 4) is 0 Å². The number of ether oxygens (including phenoxy) is 1. The summed E-state index contributed by atoms with van der Waals surface area (Å²) in [6, 6.07) is 5.60. The maximum atomic E-state index is 12.5. The lowest BCUT2D eigenvalue weighted by molar-refractivity contribution is -0.123. The Morgan fingerprint density at radius 2 is 2.25 bits per heavy atom. The topological polar surface area (TPSA) is 66.5 Å². The van der Waals surface area contributed by atoms with Crippen molar-refractivity contribution in [2.45, 2.75) is 31.9 Å². The van der Waals surface area contributed by atoms with Crippen LogP contribution in [-0.2, 0) is 9.53 Å². The Balaban J connectivity index is 1.50. The SMILES string of the molecule is C[C@H]1OCCN[C@@H]1C(=O)Nc1ccc2nc(N3CCCC3)sc2c1. The monoisotopic (exact) mass is 346 g/mol. The molecule has 24 heavy (non-hydrogen) atoms. The fraction of sp³-hybridized carbons (Fsp3) is 0.529. The van der Waals surface area contributed by atoms with Gasteiger partial charge in [-0.1, -0.05) is 11.3 Å². The van der Waals surface area contributed by atoms with Crippen molar-refractivity contribution in [2.75, 3.05) is 36.5 Å². The minimum atomic E-state index is -0.309. The van der Waals surface area contributed by atoms with Gasteiger partial charge >= 0.3 is 0 Å². The molecule has 4 rings (SSSR count). The summed E-state index contributed by atoms with van der Waals surface area (Å²) < 4.78 is 6.65. The minimum Gasteiger partial charge on any atom is -0.375 e. The number of hydrogen-bond donors (Lipinski definition) is 2. The number of amides is 1. The van der Waals surface area contributed by atoms with E-state index in [0.29, 0.717) is 13.2 Å². The Bertz CT molecular complexity index is 741. The van der Waals surface area contributed by atoms with Crippen molar-refractivity contribution in [2.24, 2.45) is 0 Å². The summed E-state index contributed by atoms with van der Waals surface area (Å²) in [5.41, 5.74) is 1.80. The third-order valence-electron chi connectivity index (χ3n) is 4.62. The molecular weight excluding hydrogens is 324 g/mol. The minimum absolute atomic E-state index is 0.0502. The van der Waals surface area contributed by atoms with E-state index in [2.05, 4.69) is 15.5 Å². The van der Waals surface area contributed by atoms with E-state index in [0.717, 1.165) is 34.1 Å². The van der Waals surface area contributed by atoms with Crippen LogP contribution in [-0.4, -0.2) is 49.3 Å². The molecule has 2 saturated heterocycles. The van der Waals surface area contributed by atoms with Gasteiger partial charge in [-0.3, -0.25) is 4.79 Å². The van der Waals surface area contributed by atoms with Gasteiger partial charge < -0.3 is 20.3 Å². The maximum Gasteiger partial charge on any atom is 0.244 e. The second-order valence-electron chi connectivity index (χ2n) is 6.37. The number of morpholine rings is 1. The summed E-state index contributed by atoms with van der Waals surface area (Å²) >= 11 is 1.70. The maximum absolute atomic E-state index is 12.5. The first-order valence-electron chi connectivity index (χ1n) is 8.52. The van der Waals surface area contributed by atoms with Crippen LogP contribution < -0.4 is 15.5 Å². The molecule has 1 amide bonds. The third kappa shape index (κ3) is 3.11. The van der Waals surface area contributed by atoms with Crippen molar-refractivity contribution >= 4 is 38.3 Å². The summed E-state index contributed by atoms with van der Waals surface area (Å²) in [5.74, 6) is -0.0502. The number of anilines is 2. The molecule has 0 bridgehead atoms. The van der Waals surface area contributed by atoms with Crippen LogP contribution in [0.25, 0.3) is 10.2 Å². The Morgan fingerprint density at radius 3 is 3.04 bits per heavy atom. The van der Waals surface area contributed by atoms with Crippen molar-refractivity contribution in [3.63, 3.8) is 0 Å². The van der Waals surface area contributed by atoms with E-state index < -0.39 is 0 Å². The van der Waals surface area contributed by atoms with Gasteiger partial charge in [-0.25, -0.2) is 4.98 Å². The van der Waals surface area contributed by atoms with E-state index in [1.54, 1.807) is 11.3 Å². The molecule has 1 aromatic carbocycles. The molecule has 3 heterocycles. The van der Waals surface area contributed by atoms with Crippen LogP contribution in [0.2, 0.25) is 0 Å². The largest absolute Gasteiger partial charge is 0.375 e. The predicted molar refractivity (Wildman–Crippen MR) is 96.9 cm³/mol. The van der Waals surface area contributed by atoms with Crippen LogP contribution in [0, 0.1) is 0 Å². The van der Waals surface area contributed by atoms with E-state index in [9.17, 15) is 4.79 Å². The molecule has 0 saturated carbocycles. The number of benzene rings is 1. The molecule has 1 aromatic heterocycles. The molecule has 7 heteroatoms. The molecule has 0 spiro atoms. The van der Waals surface area contributed by atoms with Crippen molar-refractivity contribution < 1.29 is 9.53 Å². The fourth-order valence-electron chi connectivity index (χ4n) is 3.28. The molecule has 6 nitrogen and oxygen atoms in total. The zero-order valence-electron chi connectivity index (χ0n) is 13.7. The lowest BCUT2D eigenvalue weighted by atomic mass is 10.1. The number of nitrogens with one attached hydrogen (secondary N) is 2. The Kier molecular flexibility index (Phi) is 4.39. The number of thiazole rings is 1. The summed E-state index contributed by atoms with van der Waals surface area (Å²) in [6.07, 6.45) is 2.37. The van der Waals surface area contributed by atoms with E-state index in [4.69, 9.17) is 9.72 Å². The summed E-state index contributed by atoms with van der Waals surface area (Å²) in [6.45, 7) is 5.46. The van der Waals surface area contributed by atoms with Gasteiger partial charge in [-0.2, -0.15) is 0 Å². The highest BCUT2D eigenvalue weighted by molar-refractivity contribution is 7.22. The number of nitrogens with zero attached hydrogens (tertiary/aromatic N) is 2. The molecule has 2 aliphatic heterocycles. The van der Waals surface area contributed by atoms with Crippen LogP contribution in [0.3, 0.4) is 0 Å². The van der Waals surface area contributed by atoms with E-state index in [1.807, 2.05) is 25.1 Å². The molecule has 0 radical (unpaired) electrons. The molecule has 128 valence electrons. The molecule has 0 aliphatic carbocycles. The molecule has 2 aromatic rings. The second-order valence-corrected chi connectivity index (χ2v) is 7.38. The molecule has 2 N–H and O–H groups in total. The van der Waals surface area contributed by atoms with Gasteiger partial charge in [0.25, 0.3) is 0 Å². The van der Waals surface area contributed by atoms with Crippen molar-refractivity contribution in [3.05, 3.63) is 18.2 Å². The molecule has 0 unspecified atom stereocenters. The Labute approximate surface area is 145 Å². The van der Waals surface area contributed by atoms with Crippen LogP contribution in [0.15, 0.2) is 18.2 Å². The first-order chi connectivity index (χ1) is 11.7. The zero-order valence-corrected chi connectivity index (χ0v) is 14.6. The van der Waals surface area contributed by atoms with Crippen molar-refractivity contribution in [1.82, 2.24) is 10.3 Å². The van der Waals surface area contributed by atoms with Crippen LogP contribution >= 0.6 is 11.3 Å². The first-order valence-corrected chi connectivity index (χ1v) is 9.34. The summed E-state index contributed by atoms with van der Waals surface area (Å²) in [7, 11) is 0. The Morgan fingerprint density at radius 1 is 1.42 bits per heavy atom. The highest BCUT2D eigenvalue weighted by atomic mass is 32.1. The highest BCUT2D eigenvalue weighted by Gasteiger charge is 2.28. The molecule has 2 atom stereocenters. The number of carbonyl (C=O) groups is 1. The van der Waals surface area contributed by atoms with Gasteiger partial charge in [-0.15, -0.1) is 0 Å². The normalized spacial score (nSPS) is 24.5. The fourth-order valence-corrected chi connectivity index (χ4v) is 4.34. The van der Waals surface area contributed by atoms with Crippen LogP contribution in [0.5, 0.6) is 0 Å². The second kappa shape index (κ2) is 6.66. The van der Waals surface area contributed by atoms with Gasteiger partial charge in [0.1, 0.15) is 6.04 Å². The number of hydrogen-bond acceptors (Lipinski definition) is 6. The van der Waals surface area contributed by atoms with Gasteiger partial charge in [-0.05, 0) is 38.0 Å². The van der Waals surface area contributed by atoms with Gasteiger partial charge in [0.2, 0.25) is 5.91 Å². The van der Waals surface area contributed by atoms with E-state index in [1.165, 1.54) is 12.8 Å². The van der Waals surface area contributed by atoms with E-state index in [-0.39, 0.29) is 18.1 Å². The average molecular weight is 346 g/mol. The summed E-state index contributed by atoms with van der Waals surface area (Å²) in [4.78, 5) is 19.5. The van der Waals surface area contributed by atoms with Crippen molar-refractivity contribution in [1.29, 1.82) is 0 Å². The molecular formula is C17H22N4O2S. The quantitative estimate of drug-likeness (QED) is 0.892. The van der Waals surface area contributed by atoms with Crippen LogP contribution in [0.4, 0.5) is 10.8 Å². The molecule has 2 aliphatic rings. The standard InChI is InChI=1S/C17H22N4O2S/c1-11-15(18-6-9-23-11)16(22)19-12-4-5-13-14(10-12)24-17(20-13)21-7-2-3-8-21/h4-5,10-11,15,18H,2-3,6-9H2,1H3,(H,19,22)/t11-,15+/m1/s1. The smallest absolute Gasteiger partial charge is 0.244 e. The van der Waals surface area contributed by atoms with E-state index >= 15 is 0 Å². The number of fused-ring (bicyclic) bond motifs is 1. The van der Waals surface area contributed by atoms with Crippen LogP contribution in [0.1, 0.15) is 19.8 Å². The average Bonchev–Trinajstić information content (AvgIpc) is 3.24.